The fourth-order valence-corrected chi connectivity index (χ4v) is 2.26. The first kappa shape index (κ1) is 34.2. The molecule has 0 aromatic carbocycles. The van der Waals surface area contributed by atoms with Crippen molar-refractivity contribution in [3.05, 3.63) is 60.8 Å². The molecular weight excluding hydrogens is 338 g/mol. The molecule has 0 radical (unpaired) electrons. The van der Waals surface area contributed by atoms with Crippen molar-refractivity contribution in [2.75, 3.05) is 19.6 Å². The first-order chi connectivity index (χ1) is 13.1. The first-order valence-corrected chi connectivity index (χ1v) is 11.1. The SMILES string of the molecule is C=C(C)/C=C\C(=C)C.C=C/C=C(\CC)CN(CC(C)C)CC(C)C.CC.CC. The lowest BCUT2D eigenvalue weighted by molar-refractivity contribution is 0.235. The highest BCUT2D eigenvalue weighted by Gasteiger charge is 2.10. The average Bonchev–Trinajstić information content (AvgIpc) is 2.62. The molecule has 0 unspecified atom stereocenters. The molecule has 0 N–H and O–H groups in total. The first-order valence-electron chi connectivity index (χ1n) is 11.1. The lowest BCUT2D eigenvalue weighted by Crippen LogP contribution is -2.33. The summed E-state index contributed by atoms with van der Waals surface area (Å²) in [6.07, 6.45) is 9.08. The normalized spacial score (nSPS) is 10.6. The number of nitrogens with zero attached hydrogens (tertiary/aromatic N) is 1. The second-order valence-corrected chi connectivity index (χ2v) is 7.42. The van der Waals surface area contributed by atoms with Crippen LogP contribution in [0.5, 0.6) is 0 Å². The maximum absolute atomic E-state index is 3.78. The minimum absolute atomic E-state index is 0.737. The van der Waals surface area contributed by atoms with E-state index in [4.69, 9.17) is 0 Å². The fourth-order valence-electron chi connectivity index (χ4n) is 2.26. The van der Waals surface area contributed by atoms with Gasteiger partial charge in [0.15, 0.2) is 0 Å². The molecule has 0 aliphatic carbocycles. The van der Waals surface area contributed by atoms with Gasteiger partial charge in [-0.15, -0.1) is 0 Å². The molecule has 0 fully saturated rings. The zero-order valence-corrected chi connectivity index (χ0v) is 21.4. The fraction of sp³-hybridized carbons (Fsp3) is 0.630. The number of hydrogen-bond acceptors (Lipinski definition) is 1. The standard InChI is InChI=1S/C15H29N.C8H12.2C2H6/c1-7-9-15(8-2)12-16(10-13(3)4)11-14(5)6;1-7(2)5-6-8(3)4;2*1-2/h7,9,13-14H,1,8,10-12H2,2-6H3;5-6H,1,3H2,2,4H3;2*1-2H3/b15-9+;6-5-;;. The van der Waals surface area contributed by atoms with Crippen LogP contribution in [0.3, 0.4) is 0 Å². The quantitative estimate of drug-likeness (QED) is 0.336. The van der Waals surface area contributed by atoms with Crippen molar-refractivity contribution in [2.24, 2.45) is 11.8 Å². The van der Waals surface area contributed by atoms with Gasteiger partial charge in [-0.3, -0.25) is 4.90 Å². The average molecular weight is 392 g/mol. The molecule has 1 nitrogen and oxygen atoms in total. The summed E-state index contributed by atoms with van der Waals surface area (Å²) in [5.74, 6) is 1.47. The molecule has 28 heavy (non-hydrogen) atoms. The third-order valence-corrected chi connectivity index (χ3v) is 3.13. The third-order valence-electron chi connectivity index (χ3n) is 3.13. The van der Waals surface area contributed by atoms with Gasteiger partial charge in [0.25, 0.3) is 0 Å². The molecule has 0 saturated heterocycles. The summed E-state index contributed by atoms with van der Waals surface area (Å²) in [6.45, 7) is 37.9. The monoisotopic (exact) mass is 391 g/mol. The molecule has 0 rings (SSSR count). The van der Waals surface area contributed by atoms with Crippen LogP contribution in [0.25, 0.3) is 0 Å². The molecule has 1 heteroatoms. The van der Waals surface area contributed by atoms with Crippen LogP contribution in [-0.4, -0.2) is 24.5 Å². The topological polar surface area (TPSA) is 3.24 Å². The molecule has 0 aromatic rings. The predicted octanol–water partition coefficient (Wildman–Crippen LogP) is 8.87. The molecule has 0 bridgehead atoms. The summed E-state index contributed by atoms with van der Waals surface area (Å²) in [6, 6.07) is 0. The lowest BCUT2D eigenvalue weighted by atomic mass is 10.1. The van der Waals surface area contributed by atoms with Crippen molar-refractivity contribution in [1.82, 2.24) is 4.90 Å². The molecule has 166 valence electrons. The molecule has 0 amide bonds. The summed E-state index contributed by atoms with van der Waals surface area (Å²) >= 11 is 0. The zero-order chi connectivity index (χ0) is 23.1. The van der Waals surface area contributed by atoms with Gasteiger partial charge in [-0.25, -0.2) is 0 Å². The Kier molecular flexibility index (Phi) is 31.3. The van der Waals surface area contributed by atoms with Gasteiger partial charge < -0.3 is 0 Å². The summed E-state index contributed by atoms with van der Waals surface area (Å²) < 4.78 is 0. The van der Waals surface area contributed by atoms with E-state index in [9.17, 15) is 0 Å². The largest absolute Gasteiger partial charge is 0.299 e. The van der Waals surface area contributed by atoms with E-state index in [1.54, 1.807) is 0 Å². The van der Waals surface area contributed by atoms with Gasteiger partial charge in [-0.2, -0.15) is 0 Å². The smallest absolute Gasteiger partial charge is 0.0196 e. The van der Waals surface area contributed by atoms with E-state index in [-0.39, 0.29) is 0 Å². The summed E-state index contributed by atoms with van der Waals surface area (Å²) in [5, 5.41) is 0. The zero-order valence-electron chi connectivity index (χ0n) is 21.4. The van der Waals surface area contributed by atoms with E-state index >= 15 is 0 Å². The Morgan fingerprint density at radius 2 is 1.18 bits per heavy atom. The van der Waals surface area contributed by atoms with E-state index in [1.165, 1.54) is 18.7 Å². The second kappa shape index (κ2) is 25.7. The molecule has 0 aliphatic heterocycles. The third kappa shape index (κ3) is 32.3. The molecule has 0 aromatic heterocycles. The number of rotatable bonds is 10. The van der Waals surface area contributed by atoms with Crippen LogP contribution >= 0.6 is 0 Å². The van der Waals surface area contributed by atoms with Crippen LogP contribution in [0, 0.1) is 11.8 Å². The highest BCUT2D eigenvalue weighted by Crippen LogP contribution is 2.09. The van der Waals surface area contributed by atoms with E-state index in [1.807, 2.05) is 59.8 Å². The molecule has 0 atom stereocenters. The molecule has 0 aliphatic rings. The van der Waals surface area contributed by atoms with E-state index in [0.29, 0.717) is 0 Å². The van der Waals surface area contributed by atoms with E-state index in [0.717, 1.165) is 35.9 Å². The Hall–Kier alpha value is -1.34. The molecule has 0 spiro atoms. The Labute approximate surface area is 180 Å². The summed E-state index contributed by atoms with van der Waals surface area (Å²) in [4.78, 5) is 2.56. The van der Waals surface area contributed by atoms with Crippen LogP contribution in [-0.2, 0) is 0 Å². The van der Waals surface area contributed by atoms with E-state index < -0.39 is 0 Å². The highest BCUT2D eigenvalue weighted by molar-refractivity contribution is 5.20. The Morgan fingerprint density at radius 3 is 1.39 bits per heavy atom. The van der Waals surface area contributed by atoms with Gasteiger partial charge in [-0.05, 0) is 32.1 Å². The predicted molar refractivity (Wildman–Crippen MR) is 136 cm³/mol. The molecular formula is C27H53N. The molecule has 0 heterocycles. The van der Waals surface area contributed by atoms with Gasteiger partial charge in [0, 0.05) is 19.6 Å². The van der Waals surface area contributed by atoms with Crippen molar-refractivity contribution >= 4 is 0 Å². The van der Waals surface area contributed by atoms with Crippen LogP contribution < -0.4 is 0 Å². The van der Waals surface area contributed by atoms with Gasteiger partial charge in [0.05, 0.1) is 0 Å². The van der Waals surface area contributed by atoms with Crippen LogP contribution in [0.15, 0.2) is 60.8 Å². The van der Waals surface area contributed by atoms with Gasteiger partial charge in [0.2, 0.25) is 0 Å². The number of hydrogen-bond donors (Lipinski definition) is 0. The van der Waals surface area contributed by atoms with Gasteiger partial charge in [0.1, 0.15) is 0 Å². The van der Waals surface area contributed by atoms with Gasteiger partial charge >= 0.3 is 0 Å². The van der Waals surface area contributed by atoms with Gasteiger partial charge in [-0.1, -0.05) is 123 Å². The van der Waals surface area contributed by atoms with Crippen molar-refractivity contribution in [3.8, 4) is 0 Å². The Morgan fingerprint density at radius 1 is 0.821 bits per heavy atom. The lowest BCUT2D eigenvalue weighted by Gasteiger charge is -2.27. The summed E-state index contributed by atoms with van der Waals surface area (Å²) in [5.41, 5.74) is 3.61. The maximum Gasteiger partial charge on any atom is 0.0196 e. The van der Waals surface area contributed by atoms with Crippen molar-refractivity contribution in [1.29, 1.82) is 0 Å². The minimum atomic E-state index is 0.737. The second-order valence-electron chi connectivity index (χ2n) is 7.42. The van der Waals surface area contributed by atoms with Crippen molar-refractivity contribution < 1.29 is 0 Å². The Bertz CT molecular complexity index is 396. The maximum atomic E-state index is 3.78. The van der Waals surface area contributed by atoms with Crippen LogP contribution in [0.4, 0.5) is 0 Å². The Balaban J connectivity index is -0.000000201. The number of allylic oxidation sites excluding steroid dienone is 6. The highest BCUT2D eigenvalue weighted by atomic mass is 15.1. The van der Waals surface area contributed by atoms with Crippen molar-refractivity contribution in [3.63, 3.8) is 0 Å². The minimum Gasteiger partial charge on any atom is -0.299 e. The molecule has 0 saturated carbocycles. The van der Waals surface area contributed by atoms with Crippen molar-refractivity contribution in [2.45, 2.75) is 82.6 Å². The summed E-state index contributed by atoms with van der Waals surface area (Å²) in [7, 11) is 0. The van der Waals surface area contributed by atoms with Crippen LogP contribution in [0.1, 0.15) is 82.6 Å². The van der Waals surface area contributed by atoms with E-state index in [2.05, 4.69) is 65.3 Å². The van der Waals surface area contributed by atoms with Crippen LogP contribution in [0.2, 0.25) is 0 Å².